The van der Waals surface area contributed by atoms with Crippen molar-refractivity contribution >= 4 is 55.7 Å². The molecule has 0 saturated carbocycles. The molecule has 26 heavy (non-hydrogen) atoms. The Bertz CT molecular complexity index is 1070. The highest BCUT2D eigenvalue weighted by atomic mass is 32.2. The SMILES string of the molecule is Cc1cc(C)c2nc(NC(=O)CSc3n[nH]c(-c4cccs4)n3)sc2c1. The highest BCUT2D eigenvalue weighted by molar-refractivity contribution is 7.99. The van der Waals surface area contributed by atoms with Gasteiger partial charge in [0, 0.05) is 0 Å². The molecule has 0 unspecified atom stereocenters. The number of nitrogens with one attached hydrogen (secondary N) is 2. The minimum atomic E-state index is -0.120. The number of carbonyl (C=O) groups is 1. The predicted molar refractivity (Wildman–Crippen MR) is 108 cm³/mol. The van der Waals surface area contributed by atoms with Crippen molar-refractivity contribution in [1.29, 1.82) is 0 Å². The lowest BCUT2D eigenvalue weighted by Crippen LogP contribution is -2.13. The maximum Gasteiger partial charge on any atom is 0.236 e. The first-order valence-electron chi connectivity index (χ1n) is 7.85. The van der Waals surface area contributed by atoms with Crippen molar-refractivity contribution in [1.82, 2.24) is 20.2 Å². The van der Waals surface area contributed by atoms with Gasteiger partial charge in [0.2, 0.25) is 11.1 Å². The fourth-order valence-corrected chi connectivity index (χ4v) is 4.86. The third-order valence-electron chi connectivity index (χ3n) is 3.63. The van der Waals surface area contributed by atoms with E-state index in [4.69, 9.17) is 0 Å². The molecule has 0 aliphatic carbocycles. The molecule has 9 heteroatoms. The Balaban J connectivity index is 1.39. The number of carbonyl (C=O) groups excluding carboxylic acids is 1. The zero-order chi connectivity index (χ0) is 18.1. The van der Waals surface area contributed by atoms with Crippen molar-refractivity contribution in [2.24, 2.45) is 0 Å². The van der Waals surface area contributed by atoms with Crippen LogP contribution < -0.4 is 5.32 Å². The highest BCUT2D eigenvalue weighted by Gasteiger charge is 2.12. The molecule has 0 fully saturated rings. The van der Waals surface area contributed by atoms with E-state index in [9.17, 15) is 4.79 Å². The van der Waals surface area contributed by atoms with Gasteiger partial charge in [0.1, 0.15) is 0 Å². The van der Waals surface area contributed by atoms with Crippen molar-refractivity contribution in [3.8, 4) is 10.7 Å². The molecule has 4 aromatic rings. The molecule has 6 nitrogen and oxygen atoms in total. The van der Waals surface area contributed by atoms with Crippen molar-refractivity contribution in [3.63, 3.8) is 0 Å². The number of hydrogen-bond donors (Lipinski definition) is 2. The third kappa shape index (κ3) is 3.64. The van der Waals surface area contributed by atoms with Gasteiger partial charge in [0.05, 0.1) is 20.8 Å². The zero-order valence-electron chi connectivity index (χ0n) is 14.1. The molecule has 0 radical (unpaired) electrons. The molecular weight excluding hydrogens is 386 g/mol. The molecule has 3 heterocycles. The summed E-state index contributed by atoms with van der Waals surface area (Å²) < 4.78 is 1.08. The van der Waals surface area contributed by atoms with E-state index >= 15 is 0 Å². The molecule has 1 amide bonds. The summed E-state index contributed by atoms with van der Waals surface area (Å²) in [6.07, 6.45) is 0. The zero-order valence-corrected chi connectivity index (χ0v) is 16.5. The van der Waals surface area contributed by atoms with E-state index in [1.54, 1.807) is 11.3 Å². The summed E-state index contributed by atoms with van der Waals surface area (Å²) in [4.78, 5) is 22.2. The van der Waals surface area contributed by atoms with Gasteiger partial charge in [-0.25, -0.2) is 9.97 Å². The number of nitrogens with zero attached hydrogens (tertiary/aromatic N) is 3. The quantitative estimate of drug-likeness (QED) is 0.481. The van der Waals surface area contributed by atoms with Gasteiger partial charge in [-0.15, -0.1) is 16.4 Å². The van der Waals surface area contributed by atoms with Crippen LogP contribution in [0.15, 0.2) is 34.8 Å². The first kappa shape index (κ1) is 17.2. The van der Waals surface area contributed by atoms with Crippen molar-refractivity contribution in [3.05, 3.63) is 40.8 Å². The molecular formula is C17H15N5OS3. The average molecular weight is 402 g/mol. The number of amides is 1. The first-order valence-corrected chi connectivity index (χ1v) is 10.5. The summed E-state index contributed by atoms with van der Waals surface area (Å²) in [5, 5.41) is 13.1. The number of hydrogen-bond acceptors (Lipinski definition) is 7. The first-order chi connectivity index (χ1) is 12.6. The minimum Gasteiger partial charge on any atom is -0.301 e. The van der Waals surface area contributed by atoms with E-state index in [0.717, 1.165) is 26.5 Å². The molecule has 0 spiro atoms. The van der Waals surface area contributed by atoms with E-state index < -0.39 is 0 Å². The predicted octanol–water partition coefficient (Wildman–Crippen LogP) is 4.49. The van der Waals surface area contributed by atoms with Gasteiger partial charge >= 0.3 is 0 Å². The Hall–Kier alpha value is -2.23. The number of rotatable bonds is 5. The summed E-state index contributed by atoms with van der Waals surface area (Å²) in [5.41, 5.74) is 3.25. The van der Waals surface area contributed by atoms with E-state index in [0.29, 0.717) is 10.3 Å². The normalized spacial score (nSPS) is 11.2. The van der Waals surface area contributed by atoms with Gasteiger partial charge in [0.15, 0.2) is 11.0 Å². The smallest absolute Gasteiger partial charge is 0.236 e. The monoisotopic (exact) mass is 401 g/mol. The van der Waals surface area contributed by atoms with Crippen molar-refractivity contribution < 1.29 is 4.79 Å². The summed E-state index contributed by atoms with van der Waals surface area (Å²) in [7, 11) is 0. The maximum atomic E-state index is 12.2. The number of aryl methyl sites for hydroxylation is 2. The molecule has 0 atom stereocenters. The van der Waals surface area contributed by atoms with Gasteiger partial charge < -0.3 is 5.32 Å². The maximum absolute atomic E-state index is 12.2. The minimum absolute atomic E-state index is 0.120. The van der Waals surface area contributed by atoms with Crippen molar-refractivity contribution in [2.45, 2.75) is 19.0 Å². The standard InChI is InChI=1S/C17H15N5OS3/c1-9-6-10(2)14-12(7-9)26-16(19-14)18-13(23)8-25-17-20-15(21-22-17)11-4-3-5-24-11/h3-7H,8H2,1-2H3,(H,18,19,23)(H,20,21,22). The summed E-state index contributed by atoms with van der Waals surface area (Å²) in [5.74, 6) is 0.834. The number of thioether (sulfide) groups is 1. The Labute approximate surface area is 162 Å². The third-order valence-corrected chi connectivity index (χ3v) is 6.27. The van der Waals surface area contributed by atoms with Gasteiger partial charge in [-0.1, -0.05) is 35.2 Å². The topological polar surface area (TPSA) is 83.6 Å². The molecule has 4 rings (SSSR count). The second-order valence-corrected chi connectivity index (χ2v) is 8.65. The van der Waals surface area contributed by atoms with Crippen LogP contribution in [0, 0.1) is 13.8 Å². The summed E-state index contributed by atoms with van der Waals surface area (Å²) in [6, 6.07) is 8.12. The molecule has 2 N–H and O–H groups in total. The molecule has 1 aromatic carbocycles. The second kappa shape index (κ2) is 7.18. The number of H-pyrrole nitrogens is 1. The molecule has 0 aliphatic rings. The molecule has 0 bridgehead atoms. The van der Waals surface area contributed by atoms with Crippen LogP contribution in [0.5, 0.6) is 0 Å². The second-order valence-electron chi connectivity index (χ2n) is 5.73. The van der Waals surface area contributed by atoms with Crippen molar-refractivity contribution in [2.75, 3.05) is 11.1 Å². The molecule has 0 saturated heterocycles. The van der Waals surface area contributed by atoms with Gasteiger partial charge in [-0.3, -0.25) is 9.89 Å². The molecule has 132 valence electrons. The highest BCUT2D eigenvalue weighted by Crippen LogP contribution is 2.29. The number of anilines is 1. The van der Waals surface area contributed by atoms with E-state index in [2.05, 4.69) is 44.5 Å². The van der Waals surface area contributed by atoms with Crippen LogP contribution >= 0.6 is 34.4 Å². The van der Waals surface area contributed by atoms with Gasteiger partial charge in [0.25, 0.3) is 0 Å². The summed E-state index contributed by atoms with van der Waals surface area (Å²) in [6.45, 7) is 4.09. The Morgan fingerprint density at radius 3 is 3.00 bits per heavy atom. The van der Waals surface area contributed by atoms with Crippen LogP contribution in [-0.2, 0) is 4.79 Å². The lowest BCUT2D eigenvalue weighted by atomic mass is 10.1. The Kier molecular flexibility index (Phi) is 4.75. The largest absolute Gasteiger partial charge is 0.301 e. The van der Waals surface area contributed by atoms with Gasteiger partial charge in [-0.2, -0.15) is 0 Å². The number of thiazole rings is 1. The van der Waals surface area contributed by atoms with Crippen LogP contribution in [0.1, 0.15) is 11.1 Å². The molecule has 3 aromatic heterocycles. The lowest BCUT2D eigenvalue weighted by molar-refractivity contribution is -0.113. The molecule has 0 aliphatic heterocycles. The number of thiophene rings is 1. The lowest BCUT2D eigenvalue weighted by Gasteiger charge is -1.98. The van der Waals surface area contributed by atoms with E-state index in [1.807, 2.05) is 24.4 Å². The van der Waals surface area contributed by atoms with Gasteiger partial charge in [-0.05, 0) is 42.5 Å². The number of benzene rings is 1. The average Bonchev–Trinajstić information content (AvgIpc) is 3.32. The van der Waals surface area contributed by atoms with Crippen LogP contribution in [0.4, 0.5) is 5.13 Å². The number of aromatic amines is 1. The van der Waals surface area contributed by atoms with Crippen LogP contribution in [0.2, 0.25) is 0 Å². The van der Waals surface area contributed by atoms with E-state index in [1.165, 1.54) is 28.7 Å². The summed E-state index contributed by atoms with van der Waals surface area (Å²) >= 11 is 4.37. The Morgan fingerprint density at radius 2 is 2.19 bits per heavy atom. The van der Waals surface area contributed by atoms with Crippen LogP contribution in [0.3, 0.4) is 0 Å². The number of aromatic nitrogens is 4. The fourth-order valence-electron chi connectivity index (χ4n) is 2.54. The Morgan fingerprint density at radius 1 is 1.31 bits per heavy atom. The van der Waals surface area contributed by atoms with Crippen LogP contribution in [0.25, 0.3) is 20.9 Å². The van der Waals surface area contributed by atoms with Crippen LogP contribution in [-0.4, -0.2) is 31.8 Å². The number of fused-ring (bicyclic) bond motifs is 1. The van der Waals surface area contributed by atoms with E-state index in [-0.39, 0.29) is 11.7 Å². The fraction of sp³-hybridized carbons (Fsp3) is 0.176.